The summed E-state index contributed by atoms with van der Waals surface area (Å²) < 4.78 is 1.78. The van der Waals surface area contributed by atoms with Gasteiger partial charge >= 0.3 is 0 Å². The molecule has 2 amide bonds. The number of hydrazone groups is 1. The van der Waals surface area contributed by atoms with Gasteiger partial charge in [0.25, 0.3) is 5.91 Å². The minimum absolute atomic E-state index is 0.129. The summed E-state index contributed by atoms with van der Waals surface area (Å²) in [4.78, 5) is 25.5. The monoisotopic (exact) mass is 325 g/mol. The molecule has 0 unspecified atom stereocenters. The molecule has 124 valence electrons. The van der Waals surface area contributed by atoms with Gasteiger partial charge in [-0.05, 0) is 37.6 Å². The van der Waals surface area contributed by atoms with E-state index in [0.29, 0.717) is 12.0 Å². The maximum absolute atomic E-state index is 12.1. The average Bonchev–Trinajstić information content (AvgIpc) is 3.23. The van der Waals surface area contributed by atoms with Crippen LogP contribution in [0.2, 0.25) is 0 Å². The van der Waals surface area contributed by atoms with Gasteiger partial charge in [0.05, 0.1) is 12.4 Å². The maximum Gasteiger partial charge on any atom is 0.271 e. The lowest BCUT2D eigenvalue weighted by molar-refractivity contribution is -0.117. The van der Waals surface area contributed by atoms with Crippen molar-refractivity contribution in [1.82, 2.24) is 15.2 Å². The van der Waals surface area contributed by atoms with Gasteiger partial charge in [-0.25, -0.2) is 5.43 Å². The molecule has 2 aromatic rings. The Balaban J connectivity index is 1.59. The number of hydrogen-bond acceptors (Lipinski definition) is 4. The van der Waals surface area contributed by atoms with Crippen molar-refractivity contribution >= 4 is 23.7 Å². The molecular formula is C17H19N5O2. The molecule has 1 saturated heterocycles. The van der Waals surface area contributed by atoms with E-state index in [1.165, 1.54) is 0 Å². The first kappa shape index (κ1) is 15.9. The normalized spacial score (nSPS) is 14.5. The number of hydrogen-bond donors (Lipinski definition) is 1. The van der Waals surface area contributed by atoms with E-state index in [2.05, 4.69) is 15.6 Å². The maximum atomic E-state index is 12.1. The molecule has 0 spiro atoms. The molecule has 0 bridgehead atoms. The van der Waals surface area contributed by atoms with Crippen molar-refractivity contribution in [2.75, 3.05) is 11.4 Å². The number of carbonyl (C=O) groups is 2. The number of benzene rings is 1. The standard InChI is InChI=1S/C17H19N5O2/c1-2-21-12-13(11-19-21)10-18-20-17(24)14-5-7-15(8-6-14)22-9-3-4-16(22)23/h5-8,10-12H,2-4,9H2,1H3,(H,20,24)/b18-10+. The van der Waals surface area contributed by atoms with Gasteiger partial charge in [0.15, 0.2) is 0 Å². The second-order valence-corrected chi connectivity index (χ2v) is 5.52. The van der Waals surface area contributed by atoms with Crippen LogP contribution >= 0.6 is 0 Å². The zero-order valence-electron chi connectivity index (χ0n) is 13.5. The lowest BCUT2D eigenvalue weighted by Crippen LogP contribution is -2.24. The Kier molecular flexibility index (Phi) is 4.69. The Morgan fingerprint density at radius 2 is 2.17 bits per heavy atom. The molecule has 3 rings (SSSR count). The number of carbonyl (C=O) groups excluding carboxylic acids is 2. The third-order valence-corrected chi connectivity index (χ3v) is 3.87. The number of aryl methyl sites for hydroxylation is 1. The fourth-order valence-corrected chi connectivity index (χ4v) is 2.56. The Hall–Kier alpha value is -2.96. The van der Waals surface area contributed by atoms with E-state index < -0.39 is 0 Å². The van der Waals surface area contributed by atoms with Crippen LogP contribution in [-0.2, 0) is 11.3 Å². The van der Waals surface area contributed by atoms with E-state index in [0.717, 1.165) is 30.8 Å². The number of nitrogens with zero attached hydrogens (tertiary/aromatic N) is 4. The third kappa shape index (κ3) is 3.51. The molecule has 0 aliphatic carbocycles. The quantitative estimate of drug-likeness (QED) is 0.672. The molecule has 24 heavy (non-hydrogen) atoms. The summed E-state index contributed by atoms with van der Waals surface area (Å²) in [6.45, 7) is 3.52. The highest BCUT2D eigenvalue weighted by molar-refractivity contribution is 5.97. The van der Waals surface area contributed by atoms with Crippen LogP contribution in [0.1, 0.15) is 35.7 Å². The lowest BCUT2D eigenvalue weighted by atomic mass is 10.2. The van der Waals surface area contributed by atoms with Crippen LogP contribution < -0.4 is 10.3 Å². The van der Waals surface area contributed by atoms with Crippen LogP contribution in [0.25, 0.3) is 0 Å². The smallest absolute Gasteiger partial charge is 0.271 e. The van der Waals surface area contributed by atoms with Gasteiger partial charge in [-0.15, -0.1) is 0 Å². The van der Waals surface area contributed by atoms with Crippen LogP contribution in [0.15, 0.2) is 41.8 Å². The highest BCUT2D eigenvalue weighted by atomic mass is 16.2. The Morgan fingerprint density at radius 1 is 1.38 bits per heavy atom. The van der Waals surface area contributed by atoms with Gasteiger partial charge in [-0.2, -0.15) is 10.2 Å². The number of anilines is 1. The van der Waals surface area contributed by atoms with Crippen LogP contribution in [0.4, 0.5) is 5.69 Å². The Labute approximate surface area is 140 Å². The molecule has 7 nitrogen and oxygen atoms in total. The fourth-order valence-electron chi connectivity index (χ4n) is 2.56. The lowest BCUT2D eigenvalue weighted by Gasteiger charge is -2.15. The van der Waals surface area contributed by atoms with Crippen LogP contribution in [0, 0.1) is 0 Å². The summed E-state index contributed by atoms with van der Waals surface area (Å²) in [5.41, 5.74) is 4.62. The van der Waals surface area contributed by atoms with Crippen molar-refractivity contribution in [2.45, 2.75) is 26.3 Å². The Bertz CT molecular complexity index is 764. The van der Waals surface area contributed by atoms with E-state index in [4.69, 9.17) is 0 Å². The first-order valence-corrected chi connectivity index (χ1v) is 7.93. The van der Waals surface area contributed by atoms with Gasteiger partial charge in [0.2, 0.25) is 5.91 Å². The SMILES string of the molecule is CCn1cc(/C=N/NC(=O)c2ccc(N3CCCC3=O)cc2)cn1. The van der Waals surface area contributed by atoms with E-state index in [-0.39, 0.29) is 11.8 Å². The molecule has 0 radical (unpaired) electrons. The zero-order valence-corrected chi connectivity index (χ0v) is 13.5. The van der Waals surface area contributed by atoms with Crippen molar-refractivity contribution in [1.29, 1.82) is 0 Å². The number of rotatable bonds is 5. The summed E-state index contributed by atoms with van der Waals surface area (Å²) in [7, 11) is 0. The molecule has 1 fully saturated rings. The van der Waals surface area contributed by atoms with Crippen LogP contribution in [-0.4, -0.2) is 34.4 Å². The van der Waals surface area contributed by atoms with Crippen molar-refractivity contribution in [3.05, 3.63) is 47.8 Å². The molecule has 0 saturated carbocycles. The predicted octanol–water partition coefficient (Wildman–Crippen LogP) is 1.79. The van der Waals surface area contributed by atoms with Crippen molar-refractivity contribution in [3.8, 4) is 0 Å². The van der Waals surface area contributed by atoms with Gasteiger partial charge in [0.1, 0.15) is 0 Å². The first-order chi connectivity index (χ1) is 11.7. The second kappa shape index (κ2) is 7.08. The first-order valence-electron chi connectivity index (χ1n) is 7.93. The summed E-state index contributed by atoms with van der Waals surface area (Å²) in [6, 6.07) is 6.96. The largest absolute Gasteiger partial charge is 0.312 e. The van der Waals surface area contributed by atoms with E-state index >= 15 is 0 Å². The summed E-state index contributed by atoms with van der Waals surface area (Å²) in [6.07, 6.45) is 6.54. The molecule has 2 heterocycles. The van der Waals surface area contributed by atoms with E-state index in [1.54, 1.807) is 46.3 Å². The minimum Gasteiger partial charge on any atom is -0.312 e. The van der Waals surface area contributed by atoms with Crippen molar-refractivity contribution in [2.24, 2.45) is 5.10 Å². The van der Waals surface area contributed by atoms with Crippen molar-refractivity contribution in [3.63, 3.8) is 0 Å². The fraction of sp³-hybridized carbons (Fsp3) is 0.294. The summed E-state index contributed by atoms with van der Waals surface area (Å²) in [5, 5.41) is 8.06. The van der Waals surface area contributed by atoms with Crippen LogP contribution in [0.3, 0.4) is 0 Å². The average molecular weight is 325 g/mol. The van der Waals surface area contributed by atoms with E-state index in [9.17, 15) is 9.59 Å². The minimum atomic E-state index is -0.298. The molecule has 1 aliphatic rings. The molecule has 7 heteroatoms. The molecule has 1 aliphatic heterocycles. The molecule has 0 atom stereocenters. The summed E-state index contributed by atoms with van der Waals surface area (Å²) >= 11 is 0. The molecule has 1 N–H and O–H groups in total. The van der Waals surface area contributed by atoms with Gasteiger partial charge in [0, 0.05) is 42.5 Å². The molecular weight excluding hydrogens is 306 g/mol. The summed E-state index contributed by atoms with van der Waals surface area (Å²) in [5.74, 6) is -0.169. The van der Waals surface area contributed by atoms with Crippen molar-refractivity contribution < 1.29 is 9.59 Å². The predicted molar refractivity (Wildman–Crippen MR) is 91.0 cm³/mol. The van der Waals surface area contributed by atoms with Crippen LogP contribution in [0.5, 0.6) is 0 Å². The topological polar surface area (TPSA) is 79.6 Å². The molecule has 1 aromatic heterocycles. The zero-order chi connectivity index (χ0) is 16.9. The highest BCUT2D eigenvalue weighted by Crippen LogP contribution is 2.21. The van der Waals surface area contributed by atoms with E-state index in [1.807, 2.05) is 13.1 Å². The second-order valence-electron chi connectivity index (χ2n) is 5.52. The number of aromatic nitrogens is 2. The van der Waals surface area contributed by atoms with Gasteiger partial charge in [-0.1, -0.05) is 0 Å². The van der Waals surface area contributed by atoms with Gasteiger partial charge < -0.3 is 4.90 Å². The number of amides is 2. The third-order valence-electron chi connectivity index (χ3n) is 3.87. The Morgan fingerprint density at radius 3 is 2.79 bits per heavy atom. The number of nitrogens with one attached hydrogen (secondary N) is 1. The van der Waals surface area contributed by atoms with Gasteiger partial charge in [-0.3, -0.25) is 14.3 Å². The highest BCUT2D eigenvalue weighted by Gasteiger charge is 2.21. The molecule has 1 aromatic carbocycles.